The molecule has 2 unspecified atom stereocenters. The average molecular weight is 407 g/mol. The molecule has 6 heteroatoms. The van der Waals surface area contributed by atoms with Gasteiger partial charge in [-0.3, -0.25) is 4.79 Å². The van der Waals surface area contributed by atoms with E-state index in [1.165, 1.54) is 12.0 Å². The highest BCUT2D eigenvalue weighted by atomic mass is 35.5. The maximum absolute atomic E-state index is 12.4. The van der Waals surface area contributed by atoms with Crippen molar-refractivity contribution in [3.05, 3.63) is 46.5 Å². The van der Waals surface area contributed by atoms with Crippen LogP contribution in [0.4, 0.5) is 0 Å². The number of benzene rings is 1. The predicted octanol–water partition coefficient (Wildman–Crippen LogP) is 4.28. The summed E-state index contributed by atoms with van der Waals surface area (Å²) in [6, 6.07) is 2.88. The van der Waals surface area contributed by atoms with Crippen LogP contribution in [0, 0.1) is 5.92 Å². The molecule has 1 rings (SSSR count). The number of rotatable bonds is 11. The second kappa shape index (κ2) is 11.5. The van der Waals surface area contributed by atoms with Gasteiger partial charge in [0.25, 0.3) is 0 Å². The number of methoxy groups -OCH3 is 1. The minimum Gasteiger partial charge on any atom is -0.467 e. The van der Waals surface area contributed by atoms with Crippen LogP contribution in [0.3, 0.4) is 0 Å². The summed E-state index contributed by atoms with van der Waals surface area (Å²) in [4.78, 5) is 25.6. The van der Waals surface area contributed by atoms with Crippen LogP contribution in [0.15, 0.2) is 24.8 Å². The molecular formula is C22H31ClN2O3. The standard InChI is InChI=1S/C22H31ClN2O3/c1-6-8-17-11-18(20(23)13-19(17)16(4)24)12-21(22(27)28-5)25(14-26)10-9-15(3)7-2/h6,8,11,13-15,21H,4,7,9-10,12,24H2,1-3,5H3/b8-6-. The summed E-state index contributed by atoms with van der Waals surface area (Å²) in [6.45, 7) is 10.4. The molecule has 2 N–H and O–H groups in total. The Bertz CT molecular complexity index is 731. The van der Waals surface area contributed by atoms with Gasteiger partial charge in [-0.1, -0.05) is 50.6 Å². The van der Waals surface area contributed by atoms with Crippen LogP contribution in [0.1, 0.15) is 50.3 Å². The van der Waals surface area contributed by atoms with Gasteiger partial charge in [0, 0.05) is 29.2 Å². The lowest BCUT2D eigenvalue weighted by Crippen LogP contribution is -2.43. The number of hydrogen-bond donors (Lipinski definition) is 1. The van der Waals surface area contributed by atoms with Crippen LogP contribution in [-0.2, 0) is 20.7 Å². The molecule has 5 nitrogen and oxygen atoms in total. The van der Waals surface area contributed by atoms with E-state index < -0.39 is 12.0 Å². The summed E-state index contributed by atoms with van der Waals surface area (Å²) < 4.78 is 4.95. The smallest absolute Gasteiger partial charge is 0.328 e. The number of carbonyl (C=O) groups is 2. The van der Waals surface area contributed by atoms with E-state index in [4.69, 9.17) is 22.1 Å². The molecule has 0 spiro atoms. The monoisotopic (exact) mass is 406 g/mol. The van der Waals surface area contributed by atoms with Crippen molar-refractivity contribution >= 4 is 35.8 Å². The fourth-order valence-corrected chi connectivity index (χ4v) is 3.17. The molecule has 0 aromatic heterocycles. The SMILES string of the molecule is C=C(N)c1cc(Cl)c(CC(C(=O)OC)N(C=O)CCC(C)CC)cc1/C=C\C. The Kier molecular flexibility index (Phi) is 9.80. The maximum Gasteiger partial charge on any atom is 0.328 e. The first kappa shape index (κ1) is 23.8. The van der Waals surface area contributed by atoms with E-state index in [9.17, 15) is 9.59 Å². The molecule has 0 aliphatic rings. The second-order valence-corrected chi connectivity index (χ2v) is 7.35. The van der Waals surface area contributed by atoms with E-state index in [-0.39, 0.29) is 6.42 Å². The number of hydrogen-bond acceptors (Lipinski definition) is 4. The van der Waals surface area contributed by atoms with Gasteiger partial charge in [-0.25, -0.2) is 4.79 Å². The number of amides is 1. The Morgan fingerprint density at radius 3 is 2.61 bits per heavy atom. The third-order valence-electron chi connectivity index (χ3n) is 4.91. The minimum atomic E-state index is -0.741. The molecule has 1 aromatic carbocycles. The molecule has 0 saturated carbocycles. The first-order valence-corrected chi connectivity index (χ1v) is 9.85. The Morgan fingerprint density at radius 2 is 2.11 bits per heavy atom. The quantitative estimate of drug-likeness (QED) is 0.439. The predicted molar refractivity (Wildman–Crippen MR) is 116 cm³/mol. The molecule has 0 aliphatic heterocycles. The highest BCUT2D eigenvalue weighted by Crippen LogP contribution is 2.27. The van der Waals surface area contributed by atoms with E-state index in [0.29, 0.717) is 29.6 Å². The lowest BCUT2D eigenvalue weighted by atomic mass is 9.96. The summed E-state index contributed by atoms with van der Waals surface area (Å²) in [6.07, 6.45) is 6.58. The number of esters is 1. The van der Waals surface area contributed by atoms with Crippen molar-refractivity contribution in [2.45, 2.75) is 46.1 Å². The fourth-order valence-electron chi connectivity index (χ4n) is 2.93. The zero-order valence-corrected chi connectivity index (χ0v) is 18.0. The van der Waals surface area contributed by atoms with Crippen molar-refractivity contribution in [1.29, 1.82) is 0 Å². The van der Waals surface area contributed by atoms with Crippen molar-refractivity contribution in [2.24, 2.45) is 11.7 Å². The van der Waals surface area contributed by atoms with Gasteiger partial charge >= 0.3 is 5.97 Å². The molecule has 0 aliphatic carbocycles. The number of carbonyl (C=O) groups excluding carboxylic acids is 2. The van der Waals surface area contributed by atoms with E-state index in [2.05, 4.69) is 20.4 Å². The topological polar surface area (TPSA) is 72.6 Å². The molecule has 1 aromatic rings. The molecule has 0 bridgehead atoms. The van der Waals surface area contributed by atoms with Gasteiger partial charge in [0.05, 0.1) is 7.11 Å². The normalized spacial score (nSPS) is 13.2. The highest BCUT2D eigenvalue weighted by Gasteiger charge is 2.27. The molecule has 0 saturated heterocycles. The van der Waals surface area contributed by atoms with Gasteiger partial charge in [0.15, 0.2) is 0 Å². The third-order valence-corrected chi connectivity index (χ3v) is 5.26. The summed E-state index contributed by atoms with van der Waals surface area (Å²) >= 11 is 6.46. The van der Waals surface area contributed by atoms with E-state index in [1.807, 2.05) is 25.1 Å². The Labute approximate surface area is 173 Å². The fraction of sp³-hybridized carbons (Fsp3) is 0.455. The van der Waals surface area contributed by atoms with Gasteiger partial charge in [-0.2, -0.15) is 0 Å². The lowest BCUT2D eigenvalue weighted by molar-refractivity contribution is -0.149. The Balaban J connectivity index is 3.24. The van der Waals surface area contributed by atoms with E-state index in [0.717, 1.165) is 29.5 Å². The van der Waals surface area contributed by atoms with Crippen LogP contribution in [0.5, 0.6) is 0 Å². The number of allylic oxidation sites excluding steroid dienone is 1. The third kappa shape index (κ3) is 6.41. The summed E-state index contributed by atoms with van der Waals surface area (Å²) in [7, 11) is 1.32. The first-order chi connectivity index (χ1) is 13.3. The molecule has 1 amide bonds. The molecular weight excluding hydrogens is 376 g/mol. The molecule has 0 radical (unpaired) electrons. The molecule has 0 fully saturated rings. The van der Waals surface area contributed by atoms with Gasteiger partial charge in [0.2, 0.25) is 6.41 Å². The molecule has 154 valence electrons. The van der Waals surface area contributed by atoms with Crippen LogP contribution in [0.25, 0.3) is 11.8 Å². The van der Waals surface area contributed by atoms with Crippen molar-refractivity contribution in [3.63, 3.8) is 0 Å². The zero-order chi connectivity index (χ0) is 21.3. The average Bonchev–Trinajstić information content (AvgIpc) is 2.68. The number of nitrogens with zero attached hydrogens (tertiary/aromatic N) is 1. The second-order valence-electron chi connectivity index (χ2n) is 6.94. The number of halogens is 1. The van der Waals surface area contributed by atoms with Crippen LogP contribution in [0.2, 0.25) is 5.02 Å². The number of nitrogens with two attached hydrogens (primary N) is 1. The Hall–Kier alpha value is -2.27. The van der Waals surface area contributed by atoms with E-state index in [1.54, 1.807) is 6.07 Å². The van der Waals surface area contributed by atoms with Crippen LogP contribution in [-0.4, -0.2) is 37.0 Å². The van der Waals surface area contributed by atoms with Crippen molar-refractivity contribution in [1.82, 2.24) is 4.90 Å². The summed E-state index contributed by atoms with van der Waals surface area (Å²) in [5, 5.41) is 0.469. The highest BCUT2D eigenvalue weighted by molar-refractivity contribution is 6.31. The summed E-state index contributed by atoms with van der Waals surface area (Å²) in [5.41, 5.74) is 8.62. The van der Waals surface area contributed by atoms with Gasteiger partial charge in [-0.15, -0.1) is 0 Å². The largest absolute Gasteiger partial charge is 0.467 e. The zero-order valence-electron chi connectivity index (χ0n) is 17.2. The van der Waals surface area contributed by atoms with Gasteiger partial charge in [0.1, 0.15) is 6.04 Å². The first-order valence-electron chi connectivity index (χ1n) is 9.47. The van der Waals surface area contributed by atoms with Crippen molar-refractivity contribution in [2.75, 3.05) is 13.7 Å². The van der Waals surface area contributed by atoms with Crippen molar-refractivity contribution < 1.29 is 14.3 Å². The molecule has 2 atom stereocenters. The van der Waals surface area contributed by atoms with Gasteiger partial charge < -0.3 is 15.4 Å². The summed E-state index contributed by atoms with van der Waals surface area (Å²) in [5.74, 6) is -0.00677. The minimum absolute atomic E-state index is 0.257. The lowest BCUT2D eigenvalue weighted by Gasteiger charge is -2.28. The van der Waals surface area contributed by atoms with Crippen LogP contribution >= 0.6 is 11.6 Å². The Morgan fingerprint density at radius 1 is 1.43 bits per heavy atom. The van der Waals surface area contributed by atoms with E-state index >= 15 is 0 Å². The molecule has 0 heterocycles. The van der Waals surface area contributed by atoms with Gasteiger partial charge in [-0.05, 0) is 42.5 Å². The maximum atomic E-state index is 12.4. The van der Waals surface area contributed by atoms with Crippen molar-refractivity contribution in [3.8, 4) is 0 Å². The molecule has 28 heavy (non-hydrogen) atoms. The van der Waals surface area contributed by atoms with Crippen LogP contribution < -0.4 is 5.73 Å². The number of ether oxygens (including phenoxy) is 1.